The van der Waals surface area contributed by atoms with Crippen LogP contribution in [0.5, 0.6) is 0 Å². The Kier molecular flexibility index (Phi) is 3.87. The third-order valence-electron chi connectivity index (χ3n) is 3.25. The zero-order valence-corrected chi connectivity index (χ0v) is 13.4. The molecule has 3 aromatic rings. The van der Waals surface area contributed by atoms with Gasteiger partial charge >= 0.3 is 0 Å². The molecule has 0 unspecified atom stereocenters. The second-order valence-corrected chi connectivity index (χ2v) is 6.06. The van der Waals surface area contributed by atoms with Gasteiger partial charge in [-0.15, -0.1) is 0 Å². The lowest BCUT2D eigenvalue weighted by atomic mass is 10.1. The fourth-order valence-electron chi connectivity index (χ4n) is 2.28. The van der Waals surface area contributed by atoms with Crippen molar-refractivity contribution in [2.45, 2.75) is 13.5 Å². The lowest BCUT2D eigenvalue weighted by Crippen LogP contribution is -1.99. The highest BCUT2D eigenvalue weighted by molar-refractivity contribution is 14.1. The fourth-order valence-corrected chi connectivity index (χ4v) is 2.98. The highest BCUT2D eigenvalue weighted by Gasteiger charge is 2.05. The van der Waals surface area contributed by atoms with Gasteiger partial charge in [-0.2, -0.15) is 5.10 Å². The number of nitrogens with zero attached hydrogens (tertiary/aromatic N) is 2. The van der Waals surface area contributed by atoms with E-state index in [4.69, 9.17) is 0 Å². The molecule has 0 spiro atoms. The first-order chi connectivity index (χ1) is 9.72. The van der Waals surface area contributed by atoms with Gasteiger partial charge in [0.2, 0.25) is 0 Å². The van der Waals surface area contributed by atoms with Crippen molar-refractivity contribution in [2.75, 3.05) is 0 Å². The number of halogens is 1. The summed E-state index contributed by atoms with van der Waals surface area (Å²) in [7, 11) is 0. The Hall–Kier alpha value is -1.62. The lowest BCUT2D eigenvalue weighted by Gasteiger charge is -2.03. The summed E-state index contributed by atoms with van der Waals surface area (Å²) in [5, 5.41) is 4.47. The van der Waals surface area contributed by atoms with Gasteiger partial charge in [0, 0.05) is 15.3 Å². The third-order valence-corrected chi connectivity index (χ3v) is 4.19. The molecule has 0 bridgehead atoms. The monoisotopic (exact) mass is 374 g/mol. The van der Waals surface area contributed by atoms with Crippen LogP contribution in [0, 0.1) is 10.5 Å². The summed E-state index contributed by atoms with van der Waals surface area (Å²) in [5.74, 6) is 0. The van der Waals surface area contributed by atoms with E-state index in [0.29, 0.717) is 0 Å². The molecule has 0 fully saturated rings. The molecule has 1 aromatic heterocycles. The molecule has 0 aliphatic heterocycles. The largest absolute Gasteiger partial charge is 0.268 e. The van der Waals surface area contributed by atoms with Crippen LogP contribution in [0.3, 0.4) is 0 Å². The molecule has 0 saturated heterocycles. The molecular weight excluding hydrogens is 359 g/mol. The van der Waals surface area contributed by atoms with E-state index in [1.165, 1.54) is 25.8 Å². The standard InChI is InChI=1S/C17H15IN2/c1-13-5-4-6-14(9-13)11-20-12-15(10-19-20)16-7-2-3-8-17(16)18/h2-10,12H,11H2,1H3. The van der Waals surface area contributed by atoms with Crippen molar-refractivity contribution in [2.24, 2.45) is 0 Å². The predicted molar refractivity (Wildman–Crippen MR) is 90.7 cm³/mol. The minimum absolute atomic E-state index is 0.811. The molecule has 0 radical (unpaired) electrons. The molecule has 20 heavy (non-hydrogen) atoms. The Bertz CT molecular complexity index is 731. The first kappa shape index (κ1) is 13.4. The van der Waals surface area contributed by atoms with Gasteiger partial charge in [0.1, 0.15) is 0 Å². The van der Waals surface area contributed by atoms with Crippen LogP contribution in [0.2, 0.25) is 0 Å². The normalized spacial score (nSPS) is 10.7. The van der Waals surface area contributed by atoms with Crippen molar-refractivity contribution >= 4 is 22.6 Å². The molecule has 0 N–H and O–H groups in total. The quantitative estimate of drug-likeness (QED) is 0.617. The molecule has 2 nitrogen and oxygen atoms in total. The highest BCUT2D eigenvalue weighted by atomic mass is 127. The summed E-state index contributed by atoms with van der Waals surface area (Å²) in [5.41, 5.74) is 4.97. The topological polar surface area (TPSA) is 17.8 Å². The second kappa shape index (κ2) is 5.79. The molecule has 100 valence electrons. The van der Waals surface area contributed by atoms with Crippen LogP contribution in [0.4, 0.5) is 0 Å². The van der Waals surface area contributed by atoms with E-state index < -0.39 is 0 Å². The molecule has 0 saturated carbocycles. The van der Waals surface area contributed by atoms with Gasteiger partial charge in [-0.25, -0.2) is 0 Å². The molecule has 2 aromatic carbocycles. The molecule has 3 heteroatoms. The van der Waals surface area contributed by atoms with E-state index in [-0.39, 0.29) is 0 Å². The van der Waals surface area contributed by atoms with Crippen LogP contribution in [0.15, 0.2) is 60.9 Å². The minimum atomic E-state index is 0.811. The Morgan fingerprint density at radius 3 is 2.75 bits per heavy atom. The number of aromatic nitrogens is 2. The van der Waals surface area contributed by atoms with Crippen molar-refractivity contribution < 1.29 is 0 Å². The van der Waals surface area contributed by atoms with Crippen LogP contribution in [0.1, 0.15) is 11.1 Å². The van der Waals surface area contributed by atoms with Crippen LogP contribution >= 0.6 is 22.6 Å². The number of benzene rings is 2. The smallest absolute Gasteiger partial charge is 0.0659 e. The summed E-state index contributed by atoms with van der Waals surface area (Å²) < 4.78 is 3.24. The highest BCUT2D eigenvalue weighted by Crippen LogP contribution is 2.24. The molecule has 0 atom stereocenters. The van der Waals surface area contributed by atoms with E-state index in [1.807, 2.05) is 10.9 Å². The van der Waals surface area contributed by atoms with E-state index in [9.17, 15) is 0 Å². The summed E-state index contributed by atoms with van der Waals surface area (Å²) in [6.45, 7) is 2.93. The third kappa shape index (κ3) is 2.93. The van der Waals surface area contributed by atoms with Crippen LogP contribution in [0.25, 0.3) is 11.1 Å². The van der Waals surface area contributed by atoms with Crippen molar-refractivity contribution in [1.29, 1.82) is 0 Å². The molecule has 0 aliphatic carbocycles. The number of aryl methyl sites for hydroxylation is 1. The lowest BCUT2D eigenvalue weighted by molar-refractivity contribution is 0.686. The fraction of sp³-hybridized carbons (Fsp3) is 0.118. The summed E-state index contributed by atoms with van der Waals surface area (Å²) >= 11 is 2.36. The average molecular weight is 374 g/mol. The van der Waals surface area contributed by atoms with E-state index in [2.05, 4.69) is 89.3 Å². The summed E-state index contributed by atoms with van der Waals surface area (Å²) in [6, 6.07) is 16.9. The Morgan fingerprint density at radius 1 is 1.10 bits per heavy atom. The van der Waals surface area contributed by atoms with Gasteiger partial charge in [-0.1, -0.05) is 48.0 Å². The van der Waals surface area contributed by atoms with Crippen molar-refractivity contribution in [1.82, 2.24) is 9.78 Å². The number of rotatable bonds is 3. The molecule has 0 aliphatic rings. The van der Waals surface area contributed by atoms with E-state index >= 15 is 0 Å². The average Bonchev–Trinajstić information content (AvgIpc) is 2.87. The van der Waals surface area contributed by atoms with Crippen LogP contribution < -0.4 is 0 Å². The maximum atomic E-state index is 4.47. The molecule has 1 heterocycles. The van der Waals surface area contributed by atoms with Crippen molar-refractivity contribution in [3.05, 3.63) is 75.6 Å². The molecule has 0 amide bonds. The van der Waals surface area contributed by atoms with Gasteiger partial charge in [0.05, 0.1) is 12.7 Å². The Balaban J connectivity index is 1.86. The Morgan fingerprint density at radius 2 is 1.95 bits per heavy atom. The van der Waals surface area contributed by atoms with Crippen LogP contribution in [-0.4, -0.2) is 9.78 Å². The van der Waals surface area contributed by atoms with Gasteiger partial charge in [0.15, 0.2) is 0 Å². The molecule has 3 rings (SSSR count). The zero-order valence-electron chi connectivity index (χ0n) is 11.3. The van der Waals surface area contributed by atoms with E-state index in [1.54, 1.807) is 0 Å². The van der Waals surface area contributed by atoms with Crippen molar-refractivity contribution in [3.63, 3.8) is 0 Å². The number of hydrogen-bond acceptors (Lipinski definition) is 1. The first-order valence-corrected chi connectivity index (χ1v) is 7.63. The maximum Gasteiger partial charge on any atom is 0.0659 e. The van der Waals surface area contributed by atoms with Gasteiger partial charge in [0.25, 0.3) is 0 Å². The van der Waals surface area contributed by atoms with Crippen LogP contribution in [-0.2, 0) is 6.54 Å². The van der Waals surface area contributed by atoms with Gasteiger partial charge in [-0.05, 0) is 46.7 Å². The van der Waals surface area contributed by atoms with Gasteiger partial charge in [-0.3, -0.25) is 4.68 Å². The summed E-state index contributed by atoms with van der Waals surface area (Å²) in [4.78, 5) is 0. The second-order valence-electron chi connectivity index (χ2n) is 4.90. The number of hydrogen-bond donors (Lipinski definition) is 0. The predicted octanol–water partition coefficient (Wildman–Crippen LogP) is 4.51. The summed E-state index contributed by atoms with van der Waals surface area (Å²) in [6.07, 6.45) is 4.05. The van der Waals surface area contributed by atoms with Gasteiger partial charge < -0.3 is 0 Å². The zero-order chi connectivity index (χ0) is 13.9. The minimum Gasteiger partial charge on any atom is -0.268 e. The Labute approximate surface area is 132 Å². The molecular formula is C17H15IN2. The SMILES string of the molecule is Cc1cccc(Cn2cc(-c3ccccc3I)cn2)c1. The first-order valence-electron chi connectivity index (χ1n) is 6.55. The van der Waals surface area contributed by atoms with E-state index in [0.717, 1.165) is 6.54 Å². The maximum absolute atomic E-state index is 4.47. The van der Waals surface area contributed by atoms with Crippen molar-refractivity contribution in [3.8, 4) is 11.1 Å².